The van der Waals surface area contributed by atoms with Crippen molar-refractivity contribution >= 4 is 12.1 Å². The molecule has 1 aliphatic heterocycles. The molecule has 1 saturated heterocycles. The number of methoxy groups -OCH3 is 1. The van der Waals surface area contributed by atoms with Gasteiger partial charge in [-0.25, -0.2) is 4.79 Å². The summed E-state index contributed by atoms with van der Waals surface area (Å²) in [6.07, 6.45) is 2.96. The van der Waals surface area contributed by atoms with E-state index in [0.717, 1.165) is 19.3 Å². The van der Waals surface area contributed by atoms with Gasteiger partial charge in [-0.3, -0.25) is 4.79 Å². The van der Waals surface area contributed by atoms with E-state index >= 15 is 0 Å². The number of esters is 1. The zero-order valence-corrected chi connectivity index (χ0v) is 16.4. The molecule has 0 N–H and O–H groups in total. The monoisotopic (exact) mass is 361 g/mol. The second-order valence-corrected chi connectivity index (χ2v) is 8.03. The molecule has 144 valence electrons. The van der Waals surface area contributed by atoms with Gasteiger partial charge in [0.25, 0.3) is 0 Å². The van der Waals surface area contributed by atoms with Gasteiger partial charge in [-0.15, -0.1) is 0 Å². The van der Waals surface area contributed by atoms with E-state index in [1.54, 1.807) is 4.90 Å². The highest BCUT2D eigenvalue weighted by Gasteiger charge is 2.29. The Kier molecular flexibility index (Phi) is 7.06. The van der Waals surface area contributed by atoms with Gasteiger partial charge in [0.05, 0.1) is 13.5 Å². The summed E-state index contributed by atoms with van der Waals surface area (Å²) >= 11 is 0. The van der Waals surface area contributed by atoms with E-state index in [1.165, 1.54) is 12.7 Å². The molecule has 1 aliphatic rings. The first-order valence-electron chi connectivity index (χ1n) is 9.38. The van der Waals surface area contributed by atoms with Crippen molar-refractivity contribution in [2.75, 3.05) is 20.2 Å². The number of carbonyl (C=O) groups excluding carboxylic acids is 2. The molecule has 1 aromatic carbocycles. The van der Waals surface area contributed by atoms with Crippen LogP contribution in [-0.2, 0) is 14.3 Å². The van der Waals surface area contributed by atoms with Crippen LogP contribution >= 0.6 is 0 Å². The van der Waals surface area contributed by atoms with Crippen molar-refractivity contribution in [2.24, 2.45) is 5.92 Å². The van der Waals surface area contributed by atoms with Crippen LogP contribution < -0.4 is 0 Å². The van der Waals surface area contributed by atoms with Crippen LogP contribution in [0.3, 0.4) is 0 Å². The molecular formula is C21H31NO4. The predicted octanol–water partition coefficient (Wildman–Crippen LogP) is 4.37. The minimum Gasteiger partial charge on any atom is -0.469 e. The number of amides is 1. The summed E-state index contributed by atoms with van der Waals surface area (Å²) in [5, 5.41) is 0. The van der Waals surface area contributed by atoms with Crippen LogP contribution in [0.4, 0.5) is 4.79 Å². The third-order valence-electron chi connectivity index (χ3n) is 4.80. The van der Waals surface area contributed by atoms with Gasteiger partial charge in [0.2, 0.25) is 0 Å². The highest BCUT2D eigenvalue weighted by molar-refractivity contribution is 5.70. The number of hydrogen-bond donors (Lipinski definition) is 0. The quantitative estimate of drug-likeness (QED) is 0.731. The topological polar surface area (TPSA) is 55.8 Å². The molecule has 1 fully saturated rings. The Hall–Kier alpha value is -2.04. The lowest BCUT2D eigenvalue weighted by atomic mass is 9.82. The van der Waals surface area contributed by atoms with Gasteiger partial charge in [0, 0.05) is 13.1 Å². The first-order chi connectivity index (χ1) is 12.3. The van der Waals surface area contributed by atoms with Crippen molar-refractivity contribution < 1.29 is 19.1 Å². The summed E-state index contributed by atoms with van der Waals surface area (Å²) in [7, 11) is 1.43. The highest BCUT2D eigenvalue weighted by atomic mass is 16.6. The van der Waals surface area contributed by atoms with Crippen molar-refractivity contribution in [1.82, 2.24) is 4.90 Å². The second kappa shape index (κ2) is 9.06. The van der Waals surface area contributed by atoms with E-state index in [1.807, 2.05) is 39.0 Å². The van der Waals surface area contributed by atoms with Crippen molar-refractivity contribution in [1.29, 1.82) is 0 Å². The zero-order chi connectivity index (χ0) is 19.2. The zero-order valence-electron chi connectivity index (χ0n) is 16.4. The Morgan fingerprint density at radius 1 is 1.15 bits per heavy atom. The van der Waals surface area contributed by atoms with Crippen molar-refractivity contribution in [3.8, 4) is 0 Å². The lowest BCUT2D eigenvalue weighted by molar-refractivity contribution is -0.141. The number of nitrogens with zero attached hydrogens (tertiary/aromatic N) is 1. The van der Waals surface area contributed by atoms with Gasteiger partial charge in [0.15, 0.2) is 0 Å². The molecule has 5 heteroatoms. The average molecular weight is 361 g/mol. The first kappa shape index (κ1) is 20.3. The van der Waals surface area contributed by atoms with E-state index in [-0.39, 0.29) is 18.0 Å². The SMILES string of the molecule is COC(=O)CC(CC1CCN(C(=O)OC(C)(C)C)CC1)c1ccccc1. The standard InChI is InChI=1S/C21H31NO4/c1-21(2,3)26-20(24)22-12-10-16(11-13-22)14-18(15-19(23)25-4)17-8-6-5-7-9-17/h5-9,16,18H,10-15H2,1-4H3. The summed E-state index contributed by atoms with van der Waals surface area (Å²) in [6.45, 7) is 7.07. The number of ether oxygens (including phenoxy) is 2. The summed E-state index contributed by atoms with van der Waals surface area (Å²) in [6, 6.07) is 10.1. The molecule has 0 saturated carbocycles. The average Bonchev–Trinajstić information content (AvgIpc) is 2.61. The lowest BCUT2D eigenvalue weighted by Crippen LogP contribution is -2.41. The molecule has 2 rings (SSSR count). The summed E-state index contributed by atoms with van der Waals surface area (Å²) in [5.74, 6) is 0.468. The Balaban J connectivity index is 1.92. The van der Waals surface area contributed by atoms with Gasteiger partial charge in [-0.2, -0.15) is 0 Å². The van der Waals surface area contributed by atoms with Crippen LogP contribution in [0.2, 0.25) is 0 Å². The van der Waals surface area contributed by atoms with E-state index in [9.17, 15) is 9.59 Å². The number of piperidine rings is 1. The molecule has 1 amide bonds. The molecule has 1 heterocycles. The minimum absolute atomic E-state index is 0.154. The molecule has 5 nitrogen and oxygen atoms in total. The highest BCUT2D eigenvalue weighted by Crippen LogP contribution is 2.32. The van der Waals surface area contributed by atoms with Gasteiger partial charge < -0.3 is 14.4 Å². The van der Waals surface area contributed by atoms with Gasteiger partial charge in [-0.1, -0.05) is 30.3 Å². The third-order valence-corrected chi connectivity index (χ3v) is 4.80. The van der Waals surface area contributed by atoms with Crippen LogP contribution in [0.5, 0.6) is 0 Å². The predicted molar refractivity (Wildman–Crippen MR) is 101 cm³/mol. The molecule has 0 spiro atoms. The van der Waals surface area contributed by atoms with Gasteiger partial charge in [0.1, 0.15) is 5.60 Å². The second-order valence-electron chi connectivity index (χ2n) is 8.03. The molecule has 1 atom stereocenters. The molecule has 0 aliphatic carbocycles. The summed E-state index contributed by atoms with van der Waals surface area (Å²) < 4.78 is 10.3. The number of rotatable bonds is 5. The van der Waals surface area contributed by atoms with Crippen LogP contribution in [-0.4, -0.2) is 42.8 Å². The number of carbonyl (C=O) groups is 2. The fourth-order valence-corrected chi connectivity index (χ4v) is 3.43. The normalized spacial score (nSPS) is 16.8. The number of likely N-dealkylation sites (tertiary alicyclic amines) is 1. The first-order valence-corrected chi connectivity index (χ1v) is 9.38. The van der Waals surface area contributed by atoms with E-state index < -0.39 is 5.60 Å². The molecule has 0 aromatic heterocycles. The van der Waals surface area contributed by atoms with Crippen molar-refractivity contribution in [3.63, 3.8) is 0 Å². The van der Waals surface area contributed by atoms with E-state index in [4.69, 9.17) is 9.47 Å². The van der Waals surface area contributed by atoms with Gasteiger partial charge >= 0.3 is 12.1 Å². The molecule has 0 radical (unpaired) electrons. The van der Waals surface area contributed by atoms with Gasteiger partial charge in [-0.05, 0) is 57.4 Å². The fraction of sp³-hybridized carbons (Fsp3) is 0.619. The number of benzene rings is 1. The minimum atomic E-state index is -0.465. The Bertz CT molecular complexity index is 586. The Morgan fingerprint density at radius 3 is 2.31 bits per heavy atom. The van der Waals surface area contributed by atoms with E-state index in [0.29, 0.717) is 25.4 Å². The maximum Gasteiger partial charge on any atom is 0.410 e. The molecule has 0 bridgehead atoms. The molecule has 1 aromatic rings. The Labute approximate surface area is 156 Å². The summed E-state index contributed by atoms with van der Waals surface area (Å²) in [4.78, 5) is 25.8. The maximum atomic E-state index is 12.2. The van der Waals surface area contributed by atoms with Crippen molar-refractivity contribution in [2.45, 2.75) is 58.0 Å². The summed E-state index contributed by atoms with van der Waals surface area (Å²) in [5.41, 5.74) is 0.708. The third kappa shape index (κ3) is 6.36. The van der Waals surface area contributed by atoms with E-state index in [2.05, 4.69) is 12.1 Å². The van der Waals surface area contributed by atoms with Crippen molar-refractivity contribution in [3.05, 3.63) is 35.9 Å². The maximum absolute atomic E-state index is 12.2. The smallest absolute Gasteiger partial charge is 0.410 e. The van der Waals surface area contributed by atoms with Crippen LogP contribution in [0.15, 0.2) is 30.3 Å². The molecular weight excluding hydrogens is 330 g/mol. The largest absolute Gasteiger partial charge is 0.469 e. The van der Waals surface area contributed by atoms with Crippen LogP contribution in [0.1, 0.15) is 57.9 Å². The van der Waals surface area contributed by atoms with Crippen LogP contribution in [0, 0.1) is 5.92 Å². The fourth-order valence-electron chi connectivity index (χ4n) is 3.43. The van der Waals surface area contributed by atoms with Crippen LogP contribution in [0.25, 0.3) is 0 Å². The molecule has 26 heavy (non-hydrogen) atoms. The Morgan fingerprint density at radius 2 is 1.77 bits per heavy atom. The molecule has 1 unspecified atom stereocenters. The lowest BCUT2D eigenvalue weighted by Gasteiger charge is -2.34. The number of hydrogen-bond acceptors (Lipinski definition) is 4.